The summed E-state index contributed by atoms with van der Waals surface area (Å²) in [6.07, 6.45) is 6.01. The molecule has 1 amide bonds. The number of nitrogens with zero attached hydrogens (tertiary/aromatic N) is 2. The molecule has 1 saturated carbocycles. The minimum atomic E-state index is -0.136. The van der Waals surface area contributed by atoms with E-state index in [4.69, 9.17) is 4.98 Å². The molecule has 0 bridgehead atoms. The third-order valence-corrected chi connectivity index (χ3v) is 8.34. The van der Waals surface area contributed by atoms with Gasteiger partial charge in [-0.3, -0.25) is 14.2 Å². The van der Waals surface area contributed by atoms with Gasteiger partial charge in [-0.25, -0.2) is 4.98 Å². The number of aromatic nitrogens is 2. The molecule has 0 aliphatic heterocycles. The second kappa shape index (κ2) is 10.5. The predicted octanol–water partition coefficient (Wildman–Crippen LogP) is 5.31. The van der Waals surface area contributed by atoms with Crippen molar-refractivity contribution in [1.29, 1.82) is 0 Å². The molecule has 1 aromatic heterocycles. The zero-order chi connectivity index (χ0) is 25.1. The Balaban J connectivity index is 1.44. The number of thioether (sulfide) groups is 1. The van der Waals surface area contributed by atoms with Gasteiger partial charge in [0.15, 0.2) is 5.16 Å². The van der Waals surface area contributed by atoms with Gasteiger partial charge in [-0.05, 0) is 43.7 Å². The molecule has 6 heteroatoms. The third-order valence-electron chi connectivity index (χ3n) is 7.37. The van der Waals surface area contributed by atoms with Gasteiger partial charge in [-0.15, -0.1) is 0 Å². The van der Waals surface area contributed by atoms with Gasteiger partial charge in [0.25, 0.3) is 5.56 Å². The van der Waals surface area contributed by atoms with Crippen LogP contribution in [0.2, 0.25) is 0 Å². The van der Waals surface area contributed by atoms with Crippen molar-refractivity contribution in [2.45, 2.75) is 62.6 Å². The van der Waals surface area contributed by atoms with Crippen molar-refractivity contribution in [3.8, 4) is 11.3 Å². The van der Waals surface area contributed by atoms with Crippen molar-refractivity contribution in [3.63, 3.8) is 0 Å². The largest absolute Gasteiger partial charge is 0.355 e. The highest BCUT2D eigenvalue weighted by Gasteiger charge is 2.44. The van der Waals surface area contributed by atoms with Gasteiger partial charge in [0, 0.05) is 24.1 Å². The minimum Gasteiger partial charge on any atom is -0.355 e. The number of benzene rings is 2. The summed E-state index contributed by atoms with van der Waals surface area (Å²) in [4.78, 5) is 31.8. The fraction of sp³-hybridized carbons (Fsp3) is 0.367. The van der Waals surface area contributed by atoms with Gasteiger partial charge in [0.2, 0.25) is 5.91 Å². The number of carbonyl (C=O) groups excluding carboxylic acids is 1. The van der Waals surface area contributed by atoms with Crippen LogP contribution < -0.4 is 10.9 Å². The van der Waals surface area contributed by atoms with E-state index in [9.17, 15) is 9.59 Å². The number of hydrogen-bond acceptors (Lipinski definition) is 4. The molecule has 2 aliphatic carbocycles. The maximum atomic E-state index is 14.1. The van der Waals surface area contributed by atoms with Crippen LogP contribution >= 0.6 is 11.8 Å². The molecule has 186 valence electrons. The first-order valence-electron chi connectivity index (χ1n) is 12.8. The molecule has 1 heterocycles. The molecule has 2 aliphatic rings. The lowest BCUT2D eigenvalue weighted by Gasteiger charge is -2.36. The molecular weight excluding hydrogens is 466 g/mol. The van der Waals surface area contributed by atoms with Crippen LogP contribution in [0, 0.1) is 0 Å². The van der Waals surface area contributed by atoms with Crippen LogP contribution in [0.1, 0.15) is 49.3 Å². The van der Waals surface area contributed by atoms with Gasteiger partial charge in [0.1, 0.15) is 0 Å². The topological polar surface area (TPSA) is 64.0 Å². The van der Waals surface area contributed by atoms with E-state index in [2.05, 4.69) is 42.2 Å². The van der Waals surface area contributed by atoms with E-state index in [0.717, 1.165) is 60.9 Å². The summed E-state index contributed by atoms with van der Waals surface area (Å²) in [5, 5.41) is 3.59. The Morgan fingerprint density at radius 2 is 1.83 bits per heavy atom. The standard InChI is InChI=1S/C30H33N3O2S/c1-21(2)19-33-28(35)26-27(24-13-7-6-12-23(24)18-30(26)15-8-9-16-30)32-29(33)36-20-25(34)31-17-14-22-10-4-3-5-11-22/h3-7,10-13H,1,8-9,14-20H2,2H3,(H,31,34). The Morgan fingerprint density at radius 1 is 1.11 bits per heavy atom. The molecule has 5 rings (SSSR count). The summed E-state index contributed by atoms with van der Waals surface area (Å²) in [5.41, 5.74) is 5.99. The van der Waals surface area contributed by atoms with Crippen molar-refractivity contribution in [2.24, 2.45) is 0 Å². The first kappa shape index (κ1) is 24.6. The Kier molecular flexibility index (Phi) is 7.15. The van der Waals surface area contributed by atoms with Crippen LogP contribution in [0.25, 0.3) is 11.3 Å². The zero-order valence-electron chi connectivity index (χ0n) is 20.9. The lowest BCUT2D eigenvalue weighted by atomic mass is 9.68. The Hall–Kier alpha value is -3.12. The quantitative estimate of drug-likeness (QED) is 0.259. The van der Waals surface area contributed by atoms with E-state index in [1.807, 2.05) is 31.2 Å². The maximum absolute atomic E-state index is 14.1. The third kappa shape index (κ3) is 4.92. The highest BCUT2D eigenvalue weighted by molar-refractivity contribution is 7.99. The van der Waals surface area contributed by atoms with E-state index >= 15 is 0 Å². The molecule has 2 aromatic carbocycles. The average Bonchev–Trinajstić information content (AvgIpc) is 3.33. The monoisotopic (exact) mass is 499 g/mol. The van der Waals surface area contributed by atoms with Crippen molar-refractivity contribution in [2.75, 3.05) is 12.3 Å². The van der Waals surface area contributed by atoms with Gasteiger partial charge in [0.05, 0.1) is 17.0 Å². The molecule has 0 unspecified atom stereocenters. The summed E-state index contributed by atoms with van der Waals surface area (Å²) >= 11 is 1.33. The van der Waals surface area contributed by atoms with E-state index in [0.29, 0.717) is 18.2 Å². The Labute approximate surface area is 217 Å². The first-order chi connectivity index (χ1) is 17.5. The highest BCUT2D eigenvalue weighted by Crippen LogP contribution is 2.49. The lowest BCUT2D eigenvalue weighted by Crippen LogP contribution is -2.40. The molecule has 0 saturated heterocycles. The van der Waals surface area contributed by atoms with E-state index in [1.54, 1.807) is 4.57 Å². The minimum absolute atomic E-state index is 0.0337. The summed E-state index contributed by atoms with van der Waals surface area (Å²) in [6, 6.07) is 18.5. The predicted molar refractivity (Wildman–Crippen MR) is 146 cm³/mol. The van der Waals surface area contributed by atoms with Crippen molar-refractivity contribution < 1.29 is 4.79 Å². The van der Waals surface area contributed by atoms with E-state index in [1.165, 1.54) is 22.9 Å². The van der Waals surface area contributed by atoms with E-state index < -0.39 is 0 Å². The van der Waals surface area contributed by atoms with Crippen LogP contribution in [0.4, 0.5) is 0 Å². The van der Waals surface area contributed by atoms with Crippen LogP contribution in [-0.2, 0) is 29.6 Å². The molecule has 1 spiro atoms. The number of carbonyl (C=O) groups is 1. The molecule has 0 atom stereocenters. The molecule has 1 fully saturated rings. The van der Waals surface area contributed by atoms with Crippen molar-refractivity contribution in [3.05, 3.63) is 93.8 Å². The van der Waals surface area contributed by atoms with Gasteiger partial charge in [-0.1, -0.05) is 91.4 Å². The number of rotatable bonds is 8. The summed E-state index contributed by atoms with van der Waals surface area (Å²) in [7, 11) is 0. The van der Waals surface area contributed by atoms with Crippen molar-refractivity contribution in [1.82, 2.24) is 14.9 Å². The normalized spacial score (nSPS) is 15.4. The first-order valence-corrected chi connectivity index (χ1v) is 13.8. The SMILES string of the molecule is C=C(C)Cn1c(SCC(=O)NCCc2ccccc2)nc2c(c1=O)C1(CCCC1)Cc1ccccc1-2. The van der Waals surface area contributed by atoms with Gasteiger partial charge >= 0.3 is 0 Å². The smallest absolute Gasteiger partial charge is 0.258 e. The fourth-order valence-corrected chi connectivity index (χ4v) is 6.56. The number of amides is 1. The average molecular weight is 500 g/mol. The number of allylic oxidation sites excluding steroid dienone is 1. The molecule has 0 radical (unpaired) electrons. The number of hydrogen-bond donors (Lipinski definition) is 1. The Bertz CT molecular complexity index is 1340. The highest BCUT2D eigenvalue weighted by atomic mass is 32.2. The fourth-order valence-electron chi connectivity index (χ4n) is 5.74. The second-order valence-electron chi connectivity index (χ2n) is 10.2. The summed E-state index contributed by atoms with van der Waals surface area (Å²) in [6.45, 7) is 6.98. The molecule has 5 nitrogen and oxygen atoms in total. The summed E-state index contributed by atoms with van der Waals surface area (Å²) < 4.78 is 1.75. The van der Waals surface area contributed by atoms with E-state index in [-0.39, 0.29) is 22.6 Å². The zero-order valence-corrected chi connectivity index (χ0v) is 21.7. The molecule has 36 heavy (non-hydrogen) atoms. The molecule has 3 aromatic rings. The van der Waals surface area contributed by atoms with Crippen LogP contribution in [0.5, 0.6) is 0 Å². The van der Waals surface area contributed by atoms with Crippen LogP contribution in [0.3, 0.4) is 0 Å². The van der Waals surface area contributed by atoms with Crippen LogP contribution in [0.15, 0.2) is 76.7 Å². The maximum Gasteiger partial charge on any atom is 0.258 e. The number of nitrogens with one attached hydrogen (secondary N) is 1. The van der Waals surface area contributed by atoms with Gasteiger partial charge in [-0.2, -0.15) is 0 Å². The Morgan fingerprint density at radius 3 is 2.58 bits per heavy atom. The van der Waals surface area contributed by atoms with Crippen LogP contribution in [-0.4, -0.2) is 27.8 Å². The number of fused-ring (bicyclic) bond motifs is 4. The summed E-state index contributed by atoms with van der Waals surface area (Å²) in [5.74, 6) is 0.153. The van der Waals surface area contributed by atoms with Gasteiger partial charge < -0.3 is 5.32 Å². The lowest BCUT2D eigenvalue weighted by molar-refractivity contribution is -0.118. The molecule has 1 N–H and O–H groups in total. The second-order valence-corrected chi connectivity index (χ2v) is 11.1. The molecular formula is C30H33N3O2S. The van der Waals surface area contributed by atoms with Crippen molar-refractivity contribution >= 4 is 17.7 Å².